The summed E-state index contributed by atoms with van der Waals surface area (Å²) in [6.07, 6.45) is 22.0. The minimum atomic E-state index is -3.55. The first-order valence-corrected chi connectivity index (χ1v) is 13.8. The fourth-order valence-electron chi connectivity index (χ4n) is 4.01. The van der Waals surface area contributed by atoms with Crippen LogP contribution in [0.1, 0.15) is 110 Å². The number of rotatable bonds is 21. The zero-order chi connectivity index (χ0) is 22.0. The Morgan fingerprint density at radius 2 is 1.21 bits per heavy atom. The molecule has 0 aromatic rings. The van der Waals surface area contributed by atoms with E-state index in [0.717, 1.165) is 12.8 Å². The third-order valence-corrected chi connectivity index (χ3v) is 8.08. The number of allylic oxidation sites excluding steroid dienone is 1. The van der Waals surface area contributed by atoms with Gasteiger partial charge in [-0.25, -0.2) is 0 Å². The van der Waals surface area contributed by atoms with Crippen molar-refractivity contribution in [3.63, 3.8) is 0 Å². The van der Waals surface area contributed by atoms with Crippen LogP contribution in [0.2, 0.25) is 0 Å². The van der Waals surface area contributed by atoms with E-state index in [2.05, 4.69) is 6.58 Å². The zero-order valence-corrected chi connectivity index (χ0v) is 20.9. The minimum absolute atomic E-state index is 0.347. The standard InChI is InChI=1S/C24H50NO3P/c1-6-8-9-10-11-12-13-14-15-16-17-18-19-20-21-22-23-28-29(26,27)24(7-2)25(3,4)5/h6,24H,1,7-23H2,2-5H3/p+1. The highest BCUT2D eigenvalue weighted by Gasteiger charge is 2.41. The zero-order valence-electron chi connectivity index (χ0n) is 20.0. The van der Waals surface area contributed by atoms with E-state index >= 15 is 0 Å². The van der Waals surface area contributed by atoms with Gasteiger partial charge in [-0.3, -0.25) is 4.57 Å². The largest absolute Gasteiger partial charge is 0.385 e. The molecule has 0 radical (unpaired) electrons. The van der Waals surface area contributed by atoms with Crippen LogP contribution in [0.25, 0.3) is 0 Å². The third kappa shape index (κ3) is 16.2. The van der Waals surface area contributed by atoms with Crippen LogP contribution in [0, 0.1) is 0 Å². The van der Waals surface area contributed by atoms with Gasteiger partial charge in [-0.05, 0) is 19.3 Å². The molecule has 0 aromatic heterocycles. The summed E-state index contributed by atoms with van der Waals surface area (Å²) in [6, 6.07) is 0. The molecule has 0 aliphatic carbocycles. The Bertz CT molecular complexity index is 434. The lowest BCUT2D eigenvalue weighted by Crippen LogP contribution is -2.44. The molecular formula is C24H51NO3P+. The monoisotopic (exact) mass is 432 g/mol. The van der Waals surface area contributed by atoms with Gasteiger partial charge in [-0.1, -0.05) is 90.0 Å². The quantitative estimate of drug-likeness (QED) is 0.0876. The van der Waals surface area contributed by atoms with Crippen LogP contribution in [0.3, 0.4) is 0 Å². The van der Waals surface area contributed by atoms with Gasteiger partial charge in [0.15, 0.2) is 5.78 Å². The Balaban J connectivity index is 3.45. The first-order chi connectivity index (χ1) is 13.8. The second-order valence-electron chi connectivity index (χ2n) is 9.43. The van der Waals surface area contributed by atoms with E-state index in [1.165, 1.54) is 83.5 Å². The van der Waals surface area contributed by atoms with Crippen molar-refractivity contribution in [1.82, 2.24) is 0 Å². The van der Waals surface area contributed by atoms with Crippen LogP contribution in [-0.2, 0) is 9.09 Å². The summed E-state index contributed by atoms with van der Waals surface area (Å²) in [5, 5.41) is 0. The molecular weight excluding hydrogens is 381 g/mol. The van der Waals surface area contributed by atoms with Crippen molar-refractivity contribution in [2.75, 3.05) is 27.7 Å². The molecule has 0 aliphatic rings. The van der Waals surface area contributed by atoms with Gasteiger partial charge in [0.05, 0.1) is 27.7 Å². The fraction of sp³-hybridized carbons (Fsp3) is 0.917. The second kappa shape index (κ2) is 17.5. The SMILES string of the molecule is C=CCCCCCCCCCCCCCCCCOP(=O)(O)C(CC)[N+](C)(C)C. The predicted molar refractivity (Wildman–Crippen MR) is 127 cm³/mol. The molecule has 2 atom stereocenters. The highest BCUT2D eigenvalue weighted by Crippen LogP contribution is 2.51. The molecule has 0 bridgehead atoms. The van der Waals surface area contributed by atoms with E-state index in [4.69, 9.17) is 4.52 Å². The number of hydrogen-bond donors (Lipinski definition) is 1. The van der Waals surface area contributed by atoms with Gasteiger partial charge >= 0.3 is 7.60 Å². The maximum Gasteiger partial charge on any atom is 0.385 e. The summed E-state index contributed by atoms with van der Waals surface area (Å²) in [4.78, 5) is 10.2. The molecule has 174 valence electrons. The van der Waals surface area contributed by atoms with Crippen molar-refractivity contribution < 1.29 is 18.5 Å². The maximum atomic E-state index is 12.5. The lowest BCUT2D eigenvalue weighted by Gasteiger charge is -2.35. The molecule has 0 aliphatic heterocycles. The Morgan fingerprint density at radius 1 is 0.828 bits per heavy atom. The molecule has 4 nitrogen and oxygen atoms in total. The predicted octanol–water partition coefficient (Wildman–Crippen LogP) is 7.67. The van der Waals surface area contributed by atoms with Gasteiger partial charge in [-0.15, -0.1) is 6.58 Å². The van der Waals surface area contributed by atoms with Crippen LogP contribution in [0.4, 0.5) is 0 Å². The molecule has 0 saturated heterocycles. The number of nitrogens with zero attached hydrogens (tertiary/aromatic N) is 1. The first-order valence-electron chi connectivity index (χ1n) is 12.1. The molecule has 2 unspecified atom stereocenters. The molecule has 5 heteroatoms. The highest BCUT2D eigenvalue weighted by atomic mass is 31.2. The fourth-order valence-corrected chi connectivity index (χ4v) is 5.91. The van der Waals surface area contributed by atoms with E-state index in [0.29, 0.717) is 17.5 Å². The molecule has 0 fully saturated rings. The number of hydrogen-bond acceptors (Lipinski definition) is 2. The summed E-state index contributed by atoms with van der Waals surface area (Å²) < 4.78 is 18.3. The summed E-state index contributed by atoms with van der Waals surface area (Å²) in [7, 11) is 2.31. The molecule has 0 aromatic carbocycles. The Morgan fingerprint density at radius 3 is 1.55 bits per heavy atom. The third-order valence-electron chi connectivity index (χ3n) is 5.71. The summed E-state index contributed by atoms with van der Waals surface area (Å²) in [5.74, 6) is -0.347. The topological polar surface area (TPSA) is 46.5 Å². The average Bonchev–Trinajstić information content (AvgIpc) is 2.63. The van der Waals surface area contributed by atoms with Gasteiger partial charge in [-0.2, -0.15) is 0 Å². The number of quaternary nitrogens is 1. The van der Waals surface area contributed by atoms with Crippen molar-refractivity contribution in [3.05, 3.63) is 12.7 Å². The van der Waals surface area contributed by atoms with Crippen molar-refractivity contribution in [2.24, 2.45) is 0 Å². The molecule has 1 N–H and O–H groups in total. The van der Waals surface area contributed by atoms with E-state index in [1.54, 1.807) is 0 Å². The molecule has 0 spiro atoms. The van der Waals surface area contributed by atoms with E-state index in [9.17, 15) is 9.46 Å². The van der Waals surface area contributed by atoms with Gasteiger partial charge in [0.25, 0.3) is 0 Å². The van der Waals surface area contributed by atoms with Crippen molar-refractivity contribution in [3.8, 4) is 0 Å². The normalized spacial score (nSPS) is 15.2. The van der Waals surface area contributed by atoms with Gasteiger partial charge in [0.2, 0.25) is 0 Å². The lowest BCUT2D eigenvalue weighted by molar-refractivity contribution is -0.883. The average molecular weight is 433 g/mol. The van der Waals surface area contributed by atoms with Crippen LogP contribution in [-0.4, -0.2) is 42.9 Å². The molecule has 29 heavy (non-hydrogen) atoms. The minimum Gasteiger partial charge on any atom is -0.320 e. The highest BCUT2D eigenvalue weighted by molar-refractivity contribution is 7.53. The van der Waals surface area contributed by atoms with E-state index in [1.807, 2.05) is 34.1 Å². The number of unbranched alkanes of at least 4 members (excludes halogenated alkanes) is 14. The molecule has 0 heterocycles. The van der Waals surface area contributed by atoms with Crippen LogP contribution < -0.4 is 0 Å². The van der Waals surface area contributed by atoms with Gasteiger partial charge in [0.1, 0.15) is 0 Å². The van der Waals surface area contributed by atoms with E-state index < -0.39 is 7.60 Å². The Hall–Kier alpha value is -0.150. The Labute approximate surface area is 182 Å². The van der Waals surface area contributed by atoms with Crippen molar-refractivity contribution >= 4 is 7.60 Å². The molecule has 0 rings (SSSR count). The van der Waals surface area contributed by atoms with Crippen molar-refractivity contribution in [2.45, 2.75) is 115 Å². The lowest BCUT2D eigenvalue weighted by atomic mass is 10.0. The van der Waals surface area contributed by atoms with Crippen molar-refractivity contribution in [1.29, 1.82) is 0 Å². The molecule has 0 saturated carbocycles. The summed E-state index contributed by atoms with van der Waals surface area (Å²) >= 11 is 0. The van der Waals surface area contributed by atoms with Gasteiger partial charge in [0, 0.05) is 6.42 Å². The summed E-state index contributed by atoms with van der Waals surface area (Å²) in [5.41, 5.74) is 0. The second-order valence-corrected chi connectivity index (χ2v) is 11.4. The summed E-state index contributed by atoms with van der Waals surface area (Å²) in [6.45, 7) is 6.12. The Kier molecular flexibility index (Phi) is 17.4. The smallest absolute Gasteiger partial charge is 0.320 e. The van der Waals surface area contributed by atoms with Crippen LogP contribution >= 0.6 is 7.60 Å². The van der Waals surface area contributed by atoms with Gasteiger partial charge < -0.3 is 13.9 Å². The van der Waals surface area contributed by atoms with Crippen LogP contribution in [0.5, 0.6) is 0 Å². The first kappa shape index (κ1) is 28.9. The molecule has 0 amide bonds. The maximum absolute atomic E-state index is 12.5. The van der Waals surface area contributed by atoms with Crippen LogP contribution in [0.15, 0.2) is 12.7 Å². The van der Waals surface area contributed by atoms with E-state index in [-0.39, 0.29) is 5.78 Å².